The predicted octanol–water partition coefficient (Wildman–Crippen LogP) is 3.16. The largest absolute Gasteiger partial charge is 0.217 e. The van der Waals surface area contributed by atoms with Crippen LogP contribution in [0.2, 0.25) is 0 Å². The zero-order valence-corrected chi connectivity index (χ0v) is 10.5. The summed E-state index contributed by atoms with van der Waals surface area (Å²) in [7, 11) is 0. The van der Waals surface area contributed by atoms with E-state index in [9.17, 15) is 8.78 Å². The number of pyridine rings is 1. The summed E-state index contributed by atoms with van der Waals surface area (Å²) in [6, 6.07) is 4.60. The molecule has 4 rings (SSSR count). The maximum absolute atomic E-state index is 13.9. The van der Waals surface area contributed by atoms with Crippen LogP contribution in [0, 0.1) is 11.6 Å². The number of hydrogen-bond donors (Lipinski definition) is 0. The fourth-order valence-electron chi connectivity index (χ4n) is 3.41. The second-order valence-electron chi connectivity index (χ2n) is 5.42. The van der Waals surface area contributed by atoms with Crippen molar-refractivity contribution in [2.75, 3.05) is 0 Å². The van der Waals surface area contributed by atoms with Crippen LogP contribution in [0.3, 0.4) is 0 Å². The SMILES string of the molecule is Fc1cc(F)c2c(c1)-c1c3c(cc[n+]1C2)CCCC3. The number of aryl methyl sites for hydroxylation is 1. The summed E-state index contributed by atoms with van der Waals surface area (Å²) in [5.41, 5.74) is 5.04. The summed E-state index contributed by atoms with van der Waals surface area (Å²) in [4.78, 5) is 0. The van der Waals surface area contributed by atoms with E-state index in [1.54, 1.807) is 0 Å². The van der Waals surface area contributed by atoms with Gasteiger partial charge in [-0.25, -0.2) is 8.78 Å². The van der Waals surface area contributed by atoms with E-state index in [-0.39, 0.29) is 0 Å². The summed E-state index contributed by atoms with van der Waals surface area (Å²) in [6.45, 7) is 0.518. The molecule has 1 aromatic carbocycles. The molecule has 0 bridgehead atoms. The van der Waals surface area contributed by atoms with Crippen molar-refractivity contribution in [2.24, 2.45) is 0 Å². The highest BCUT2D eigenvalue weighted by Gasteiger charge is 2.33. The van der Waals surface area contributed by atoms with E-state index in [4.69, 9.17) is 0 Å². The minimum Gasteiger partial charge on any atom is -0.207 e. The fourth-order valence-corrected chi connectivity index (χ4v) is 3.41. The van der Waals surface area contributed by atoms with Gasteiger partial charge in [0.05, 0.1) is 11.1 Å². The molecule has 0 saturated carbocycles. The molecule has 0 radical (unpaired) electrons. The number of halogens is 2. The van der Waals surface area contributed by atoms with Gasteiger partial charge in [-0.3, -0.25) is 0 Å². The molecule has 1 aliphatic carbocycles. The lowest BCUT2D eigenvalue weighted by Crippen LogP contribution is -2.34. The number of fused-ring (bicyclic) bond motifs is 5. The molecular weight excluding hydrogens is 244 g/mol. The van der Waals surface area contributed by atoms with E-state index in [0.29, 0.717) is 12.1 Å². The van der Waals surface area contributed by atoms with Gasteiger partial charge in [0.25, 0.3) is 0 Å². The molecule has 19 heavy (non-hydrogen) atoms. The van der Waals surface area contributed by atoms with Crippen molar-refractivity contribution in [3.63, 3.8) is 0 Å². The topological polar surface area (TPSA) is 3.88 Å². The molecule has 0 spiro atoms. The zero-order valence-electron chi connectivity index (χ0n) is 10.5. The molecule has 1 aliphatic heterocycles. The number of rotatable bonds is 0. The standard InChI is InChI=1S/C16H14F2N/c17-11-7-13-14(15(18)8-11)9-19-6-5-10-3-1-2-4-12(10)16(13)19/h5-8H,1-4,9H2/q+1. The molecule has 1 aromatic heterocycles. The van der Waals surface area contributed by atoms with Crippen LogP contribution in [-0.2, 0) is 19.4 Å². The molecule has 0 fully saturated rings. The van der Waals surface area contributed by atoms with Crippen molar-refractivity contribution in [1.82, 2.24) is 0 Å². The normalized spacial score (nSPS) is 15.9. The molecule has 0 atom stereocenters. The van der Waals surface area contributed by atoms with Crippen LogP contribution in [0.5, 0.6) is 0 Å². The third kappa shape index (κ3) is 1.54. The van der Waals surface area contributed by atoms with E-state index in [1.807, 2.05) is 6.20 Å². The molecule has 2 aliphatic rings. The molecule has 1 nitrogen and oxygen atoms in total. The Hall–Kier alpha value is -1.77. The van der Waals surface area contributed by atoms with Gasteiger partial charge in [0.1, 0.15) is 11.6 Å². The highest BCUT2D eigenvalue weighted by Crippen LogP contribution is 2.35. The molecule has 96 valence electrons. The zero-order chi connectivity index (χ0) is 13.0. The van der Waals surface area contributed by atoms with Gasteiger partial charge in [0.15, 0.2) is 12.7 Å². The van der Waals surface area contributed by atoms with Gasteiger partial charge in [-0.05, 0) is 37.3 Å². The average Bonchev–Trinajstić information content (AvgIpc) is 2.78. The van der Waals surface area contributed by atoms with Crippen LogP contribution >= 0.6 is 0 Å². The predicted molar refractivity (Wildman–Crippen MR) is 67.7 cm³/mol. The van der Waals surface area contributed by atoms with Gasteiger partial charge < -0.3 is 0 Å². The Kier molecular flexibility index (Phi) is 2.25. The first-order chi connectivity index (χ1) is 9.24. The molecule has 0 amide bonds. The Morgan fingerprint density at radius 3 is 2.74 bits per heavy atom. The van der Waals surface area contributed by atoms with Crippen LogP contribution < -0.4 is 4.57 Å². The molecular formula is C16H14F2N+. The lowest BCUT2D eigenvalue weighted by Gasteiger charge is -2.15. The summed E-state index contributed by atoms with van der Waals surface area (Å²) < 4.78 is 29.4. The Morgan fingerprint density at radius 2 is 1.84 bits per heavy atom. The maximum Gasteiger partial charge on any atom is 0.217 e. The van der Waals surface area contributed by atoms with E-state index in [2.05, 4.69) is 10.6 Å². The first-order valence-electron chi connectivity index (χ1n) is 6.76. The Balaban J connectivity index is 2.02. The molecule has 0 saturated heterocycles. The van der Waals surface area contributed by atoms with Crippen molar-refractivity contribution >= 4 is 0 Å². The van der Waals surface area contributed by atoms with Gasteiger partial charge >= 0.3 is 0 Å². The van der Waals surface area contributed by atoms with E-state index >= 15 is 0 Å². The van der Waals surface area contributed by atoms with Crippen molar-refractivity contribution in [1.29, 1.82) is 0 Å². The van der Waals surface area contributed by atoms with Crippen molar-refractivity contribution in [2.45, 2.75) is 32.2 Å². The van der Waals surface area contributed by atoms with Crippen LogP contribution in [0.4, 0.5) is 8.78 Å². The quantitative estimate of drug-likeness (QED) is 0.545. The highest BCUT2D eigenvalue weighted by atomic mass is 19.1. The monoisotopic (exact) mass is 258 g/mol. The highest BCUT2D eigenvalue weighted by molar-refractivity contribution is 5.68. The van der Waals surface area contributed by atoms with Crippen molar-refractivity contribution in [3.8, 4) is 11.3 Å². The summed E-state index contributed by atoms with van der Waals surface area (Å²) in [5.74, 6) is -0.915. The van der Waals surface area contributed by atoms with Crippen LogP contribution in [-0.4, -0.2) is 0 Å². The average molecular weight is 258 g/mol. The molecule has 2 aromatic rings. The molecule has 3 heteroatoms. The number of nitrogens with zero attached hydrogens (tertiary/aromatic N) is 1. The van der Waals surface area contributed by atoms with E-state index in [0.717, 1.165) is 36.6 Å². The second-order valence-corrected chi connectivity index (χ2v) is 5.42. The summed E-state index contributed by atoms with van der Waals surface area (Å²) in [6.07, 6.45) is 6.48. The maximum atomic E-state index is 13.9. The molecule has 0 N–H and O–H groups in total. The van der Waals surface area contributed by atoms with Gasteiger partial charge in [0, 0.05) is 17.7 Å². The smallest absolute Gasteiger partial charge is 0.207 e. The minimum absolute atomic E-state index is 0.428. The molecule has 2 heterocycles. The van der Waals surface area contributed by atoms with Crippen LogP contribution in [0.25, 0.3) is 11.3 Å². The Morgan fingerprint density at radius 1 is 1.00 bits per heavy atom. The number of aromatic nitrogens is 1. The van der Waals surface area contributed by atoms with Gasteiger partial charge in [-0.15, -0.1) is 0 Å². The van der Waals surface area contributed by atoms with E-state index < -0.39 is 11.6 Å². The Bertz CT molecular complexity index is 692. The van der Waals surface area contributed by atoms with Crippen molar-refractivity contribution in [3.05, 3.63) is 52.7 Å². The second kappa shape index (κ2) is 3.86. The number of benzene rings is 1. The summed E-state index contributed by atoms with van der Waals surface area (Å²) >= 11 is 0. The Labute approximate surface area is 110 Å². The number of hydrogen-bond acceptors (Lipinski definition) is 0. The third-order valence-electron chi connectivity index (χ3n) is 4.28. The van der Waals surface area contributed by atoms with Crippen LogP contribution in [0.1, 0.15) is 29.5 Å². The summed E-state index contributed by atoms with van der Waals surface area (Å²) in [5, 5.41) is 0. The minimum atomic E-state index is -0.488. The lowest BCUT2D eigenvalue weighted by atomic mass is 9.89. The first-order valence-corrected chi connectivity index (χ1v) is 6.76. The fraction of sp³-hybridized carbons (Fsp3) is 0.312. The van der Waals surface area contributed by atoms with Gasteiger partial charge in [0.2, 0.25) is 5.69 Å². The van der Waals surface area contributed by atoms with Crippen molar-refractivity contribution < 1.29 is 13.3 Å². The van der Waals surface area contributed by atoms with Gasteiger partial charge in [-0.1, -0.05) is 0 Å². The lowest BCUT2D eigenvalue weighted by molar-refractivity contribution is -0.672. The molecule has 0 unspecified atom stereocenters. The van der Waals surface area contributed by atoms with Gasteiger partial charge in [-0.2, -0.15) is 4.57 Å². The van der Waals surface area contributed by atoms with Crippen LogP contribution in [0.15, 0.2) is 24.4 Å². The van der Waals surface area contributed by atoms with E-state index in [1.165, 1.54) is 23.6 Å². The first kappa shape index (κ1) is 11.1. The third-order valence-corrected chi connectivity index (χ3v) is 4.28.